The molecule has 2 aliphatic heterocycles. The summed E-state index contributed by atoms with van der Waals surface area (Å²) < 4.78 is 0. The molecule has 3 heteroatoms. The van der Waals surface area contributed by atoms with Crippen LogP contribution in [-0.2, 0) is 0 Å². The van der Waals surface area contributed by atoms with Gasteiger partial charge in [-0.2, -0.15) is 0 Å². The molecule has 0 aromatic rings. The monoisotopic (exact) mass is 281 g/mol. The van der Waals surface area contributed by atoms with Crippen molar-refractivity contribution in [1.29, 1.82) is 0 Å². The van der Waals surface area contributed by atoms with Gasteiger partial charge in [0.2, 0.25) is 0 Å². The fourth-order valence-electron chi connectivity index (χ4n) is 3.95. The smallest absolute Gasteiger partial charge is 0.0111 e. The topological polar surface area (TPSA) is 18.5 Å². The second kappa shape index (κ2) is 8.35. The second-order valence-corrected chi connectivity index (χ2v) is 7.02. The number of hydrogen-bond donors (Lipinski definition) is 1. The third-order valence-electron chi connectivity index (χ3n) is 5.24. The van der Waals surface area contributed by atoms with Crippen LogP contribution in [0.25, 0.3) is 0 Å². The number of rotatable bonds is 5. The number of likely N-dealkylation sites (tertiary alicyclic amines) is 1. The van der Waals surface area contributed by atoms with Crippen molar-refractivity contribution in [3.63, 3.8) is 0 Å². The van der Waals surface area contributed by atoms with Crippen LogP contribution in [0, 0.1) is 5.92 Å². The fraction of sp³-hybridized carbons (Fsp3) is 1.00. The molecule has 0 aromatic carbocycles. The minimum absolute atomic E-state index is 0.690. The van der Waals surface area contributed by atoms with Crippen molar-refractivity contribution in [2.24, 2.45) is 5.92 Å². The largest absolute Gasteiger partial charge is 0.316 e. The van der Waals surface area contributed by atoms with Gasteiger partial charge in [0, 0.05) is 18.6 Å². The van der Waals surface area contributed by atoms with Gasteiger partial charge in [-0.05, 0) is 84.6 Å². The Morgan fingerprint density at radius 1 is 1.15 bits per heavy atom. The van der Waals surface area contributed by atoms with Crippen LogP contribution in [0.15, 0.2) is 0 Å². The van der Waals surface area contributed by atoms with Gasteiger partial charge < -0.3 is 10.2 Å². The molecule has 0 saturated carbocycles. The van der Waals surface area contributed by atoms with Crippen molar-refractivity contribution in [2.75, 3.05) is 39.3 Å². The highest BCUT2D eigenvalue weighted by molar-refractivity contribution is 4.82. The molecule has 2 fully saturated rings. The molecule has 2 unspecified atom stereocenters. The van der Waals surface area contributed by atoms with E-state index in [0.717, 1.165) is 12.0 Å². The lowest BCUT2D eigenvalue weighted by molar-refractivity contribution is 0.107. The van der Waals surface area contributed by atoms with Gasteiger partial charge >= 0.3 is 0 Å². The van der Waals surface area contributed by atoms with Gasteiger partial charge in [0.05, 0.1) is 0 Å². The SMILES string of the molecule is CCN1CCCC(N(CC2CCCNC2)C(C)C)CC1. The second-order valence-electron chi connectivity index (χ2n) is 7.02. The summed E-state index contributed by atoms with van der Waals surface area (Å²) in [4.78, 5) is 5.44. The highest BCUT2D eigenvalue weighted by atomic mass is 15.2. The van der Waals surface area contributed by atoms with E-state index in [-0.39, 0.29) is 0 Å². The Balaban J connectivity index is 1.89. The predicted molar refractivity (Wildman–Crippen MR) is 87.2 cm³/mol. The summed E-state index contributed by atoms with van der Waals surface area (Å²) in [6.07, 6.45) is 6.93. The van der Waals surface area contributed by atoms with E-state index in [4.69, 9.17) is 0 Å². The maximum Gasteiger partial charge on any atom is 0.0111 e. The molecular formula is C17H35N3. The summed E-state index contributed by atoms with van der Waals surface area (Å²) >= 11 is 0. The van der Waals surface area contributed by atoms with E-state index in [2.05, 4.69) is 35.9 Å². The first-order valence-electron chi connectivity index (χ1n) is 8.89. The lowest BCUT2D eigenvalue weighted by Gasteiger charge is -2.38. The minimum Gasteiger partial charge on any atom is -0.316 e. The van der Waals surface area contributed by atoms with E-state index in [1.54, 1.807) is 0 Å². The van der Waals surface area contributed by atoms with Crippen LogP contribution in [0.5, 0.6) is 0 Å². The molecule has 3 nitrogen and oxygen atoms in total. The standard InChI is InChI=1S/C17H35N3/c1-4-19-11-6-8-17(9-12-19)20(15(2)3)14-16-7-5-10-18-13-16/h15-18H,4-14H2,1-3H3. The zero-order chi connectivity index (χ0) is 14.4. The molecule has 0 spiro atoms. The summed E-state index contributed by atoms with van der Waals surface area (Å²) in [7, 11) is 0. The molecular weight excluding hydrogens is 246 g/mol. The molecule has 0 aromatic heterocycles. The minimum atomic E-state index is 0.690. The zero-order valence-corrected chi connectivity index (χ0v) is 13.9. The number of nitrogens with one attached hydrogen (secondary N) is 1. The molecule has 2 rings (SSSR count). The summed E-state index contributed by atoms with van der Waals surface area (Å²) in [6.45, 7) is 14.7. The summed E-state index contributed by atoms with van der Waals surface area (Å²) in [5.41, 5.74) is 0. The van der Waals surface area contributed by atoms with Gasteiger partial charge in [0.25, 0.3) is 0 Å². The number of nitrogens with zero attached hydrogens (tertiary/aromatic N) is 2. The fourth-order valence-corrected chi connectivity index (χ4v) is 3.95. The van der Waals surface area contributed by atoms with E-state index in [1.807, 2.05) is 0 Å². The Kier molecular flexibility index (Phi) is 6.79. The van der Waals surface area contributed by atoms with E-state index >= 15 is 0 Å². The van der Waals surface area contributed by atoms with E-state index in [0.29, 0.717) is 6.04 Å². The maximum absolute atomic E-state index is 3.58. The number of piperidine rings is 1. The van der Waals surface area contributed by atoms with Crippen molar-refractivity contribution < 1.29 is 0 Å². The normalized spacial score (nSPS) is 29.9. The van der Waals surface area contributed by atoms with Crippen molar-refractivity contribution in [2.45, 2.75) is 65.0 Å². The number of hydrogen-bond acceptors (Lipinski definition) is 3. The van der Waals surface area contributed by atoms with Gasteiger partial charge in [0.1, 0.15) is 0 Å². The molecule has 0 radical (unpaired) electrons. The average Bonchev–Trinajstić information content (AvgIpc) is 2.71. The Morgan fingerprint density at radius 3 is 2.65 bits per heavy atom. The van der Waals surface area contributed by atoms with Gasteiger partial charge in [-0.15, -0.1) is 0 Å². The molecule has 20 heavy (non-hydrogen) atoms. The van der Waals surface area contributed by atoms with Gasteiger partial charge in [-0.1, -0.05) is 6.92 Å². The van der Waals surface area contributed by atoms with Crippen LogP contribution in [-0.4, -0.2) is 61.2 Å². The highest BCUT2D eigenvalue weighted by Gasteiger charge is 2.26. The molecule has 0 bridgehead atoms. The Morgan fingerprint density at radius 2 is 2.00 bits per heavy atom. The summed E-state index contributed by atoms with van der Waals surface area (Å²) in [5, 5.41) is 3.58. The molecule has 118 valence electrons. The molecule has 2 heterocycles. The third kappa shape index (κ3) is 4.71. The van der Waals surface area contributed by atoms with Crippen molar-refractivity contribution in [3.05, 3.63) is 0 Å². The van der Waals surface area contributed by atoms with Gasteiger partial charge in [-0.3, -0.25) is 4.90 Å². The Labute approximate surface area is 126 Å². The molecule has 0 amide bonds. The third-order valence-corrected chi connectivity index (χ3v) is 5.24. The lowest BCUT2D eigenvalue weighted by atomic mass is 9.96. The van der Waals surface area contributed by atoms with Gasteiger partial charge in [0.15, 0.2) is 0 Å². The lowest BCUT2D eigenvalue weighted by Crippen LogP contribution is -2.46. The predicted octanol–water partition coefficient (Wildman–Crippen LogP) is 2.57. The first-order chi connectivity index (χ1) is 9.70. The van der Waals surface area contributed by atoms with Crippen molar-refractivity contribution >= 4 is 0 Å². The first kappa shape index (κ1) is 16.3. The Bertz CT molecular complexity index is 261. The quantitative estimate of drug-likeness (QED) is 0.835. The maximum atomic E-state index is 3.58. The van der Waals surface area contributed by atoms with E-state index in [9.17, 15) is 0 Å². The first-order valence-corrected chi connectivity index (χ1v) is 8.89. The van der Waals surface area contributed by atoms with E-state index in [1.165, 1.54) is 71.4 Å². The van der Waals surface area contributed by atoms with Crippen molar-refractivity contribution in [1.82, 2.24) is 15.1 Å². The van der Waals surface area contributed by atoms with Crippen LogP contribution in [0.2, 0.25) is 0 Å². The molecule has 2 aliphatic rings. The summed E-state index contributed by atoms with van der Waals surface area (Å²) in [6, 6.07) is 1.50. The van der Waals surface area contributed by atoms with Gasteiger partial charge in [-0.25, -0.2) is 0 Å². The molecule has 2 saturated heterocycles. The zero-order valence-electron chi connectivity index (χ0n) is 13.9. The molecule has 1 N–H and O–H groups in total. The summed E-state index contributed by atoms with van der Waals surface area (Å²) in [5.74, 6) is 0.872. The van der Waals surface area contributed by atoms with Crippen LogP contribution in [0.3, 0.4) is 0 Å². The molecule has 2 atom stereocenters. The van der Waals surface area contributed by atoms with Crippen LogP contribution >= 0.6 is 0 Å². The van der Waals surface area contributed by atoms with Crippen LogP contribution < -0.4 is 5.32 Å². The average molecular weight is 281 g/mol. The Hall–Kier alpha value is -0.120. The van der Waals surface area contributed by atoms with Crippen LogP contribution in [0.1, 0.15) is 52.9 Å². The molecule has 0 aliphatic carbocycles. The van der Waals surface area contributed by atoms with Crippen LogP contribution in [0.4, 0.5) is 0 Å². The van der Waals surface area contributed by atoms with Crippen molar-refractivity contribution in [3.8, 4) is 0 Å². The highest BCUT2D eigenvalue weighted by Crippen LogP contribution is 2.22. The van der Waals surface area contributed by atoms with E-state index < -0.39 is 0 Å².